The van der Waals surface area contributed by atoms with Gasteiger partial charge in [0.2, 0.25) is 5.91 Å². The Morgan fingerprint density at radius 1 is 1.02 bits per heavy atom. The first kappa shape index (κ1) is 39.6. The van der Waals surface area contributed by atoms with Gasteiger partial charge in [0, 0.05) is 29.6 Å². The number of aryl methyl sites for hydroxylation is 3. The summed E-state index contributed by atoms with van der Waals surface area (Å²) < 4.78 is 5.37. The predicted octanol–water partition coefficient (Wildman–Crippen LogP) is 11.5. The lowest BCUT2D eigenvalue weighted by atomic mass is 10.0. The number of thioether (sulfide) groups is 1. The van der Waals surface area contributed by atoms with Gasteiger partial charge in [-0.1, -0.05) is 101 Å². The number of hydrogen-bond donors (Lipinski definition) is 0. The molecule has 1 fully saturated rings. The van der Waals surface area contributed by atoms with Gasteiger partial charge in [0.25, 0.3) is 0 Å². The molecule has 0 spiro atoms. The number of carbonyl (C=O) groups is 1. The molecule has 2 aromatic rings. The minimum atomic E-state index is 0.0319. The van der Waals surface area contributed by atoms with Crippen molar-refractivity contribution >= 4 is 35.0 Å². The number of methoxy groups -OCH3 is 1. The Morgan fingerprint density at radius 2 is 1.62 bits per heavy atom. The Balaban J connectivity index is 0.000000729. The molecule has 5 heteroatoms. The second-order valence-electron chi connectivity index (χ2n) is 10.9. The summed E-state index contributed by atoms with van der Waals surface area (Å²) in [5.74, 6) is 2.87. The standard InChI is InChI=1S/C19H22ClNO2.C10H16S.C6H12.C2H6/c1-12-9-16(20)7-6-15(12)10-19(22)21(4)17-11-18(23-5)14(3)8-13(17)2;1-8(2)10(5)6-7-11-9(3)4;1-6-4-2-3-5-6;1-2/h6-9,11H,10H2,1-5H3;6H,1,3,7H2,2,4-5H3;6H,2-5H2,1H3;1-2H3/b;10-6+;;. The first-order valence-corrected chi connectivity index (χ1v) is 16.4. The monoisotopic (exact) mass is 613 g/mol. The predicted molar refractivity (Wildman–Crippen MR) is 191 cm³/mol. The van der Waals surface area contributed by atoms with Crippen LogP contribution in [0.3, 0.4) is 0 Å². The molecule has 0 aliphatic heterocycles. The number of rotatable bonds is 8. The van der Waals surface area contributed by atoms with E-state index in [1.165, 1.54) is 31.3 Å². The number of halogens is 1. The molecular weight excluding hydrogens is 558 g/mol. The van der Waals surface area contributed by atoms with Crippen LogP contribution in [0.1, 0.15) is 89.5 Å². The van der Waals surface area contributed by atoms with E-state index in [0.717, 1.165) is 55.8 Å². The molecule has 1 aliphatic carbocycles. The lowest BCUT2D eigenvalue weighted by Gasteiger charge is -2.22. The maximum atomic E-state index is 12.6. The van der Waals surface area contributed by atoms with E-state index in [4.69, 9.17) is 16.3 Å². The number of carbonyl (C=O) groups excluding carboxylic acids is 1. The maximum Gasteiger partial charge on any atom is 0.231 e. The third kappa shape index (κ3) is 15.2. The lowest BCUT2D eigenvalue weighted by Crippen LogP contribution is -2.28. The Bertz CT molecular complexity index is 1180. The maximum absolute atomic E-state index is 12.6. The zero-order chi connectivity index (χ0) is 32.4. The third-order valence-corrected chi connectivity index (χ3v) is 8.19. The molecule has 1 saturated carbocycles. The smallest absolute Gasteiger partial charge is 0.231 e. The molecule has 1 aliphatic rings. The van der Waals surface area contributed by atoms with E-state index in [0.29, 0.717) is 11.4 Å². The van der Waals surface area contributed by atoms with E-state index in [9.17, 15) is 4.79 Å². The molecule has 2 aromatic carbocycles. The molecule has 0 unspecified atom stereocenters. The molecule has 3 nitrogen and oxygen atoms in total. The zero-order valence-corrected chi connectivity index (χ0v) is 29.8. The van der Waals surface area contributed by atoms with E-state index in [1.807, 2.05) is 78.8 Å². The average molecular weight is 614 g/mol. The summed E-state index contributed by atoms with van der Waals surface area (Å²) in [6, 6.07) is 9.55. The number of ether oxygens (including phenoxy) is 1. The number of allylic oxidation sites excluding steroid dienone is 3. The normalized spacial score (nSPS) is 12.5. The van der Waals surface area contributed by atoms with E-state index in [2.05, 4.69) is 33.1 Å². The van der Waals surface area contributed by atoms with Crippen molar-refractivity contribution in [2.45, 2.75) is 94.4 Å². The van der Waals surface area contributed by atoms with Crippen LogP contribution in [0.2, 0.25) is 5.02 Å². The number of anilines is 1. The quantitative estimate of drug-likeness (QED) is 0.277. The summed E-state index contributed by atoms with van der Waals surface area (Å²) in [5, 5.41) is 0.686. The van der Waals surface area contributed by atoms with Gasteiger partial charge < -0.3 is 9.64 Å². The van der Waals surface area contributed by atoms with Crippen LogP contribution >= 0.6 is 23.4 Å². The minimum Gasteiger partial charge on any atom is -0.496 e. The molecule has 0 aromatic heterocycles. The Kier molecular flexibility index (Phi) is 20.1. The fourth-order valence-corrected chi connectivity index (χ4v) is 5.13. The highest BCUT2D eigenvalue weighted by Gasteiger charge is 2.16. The van der Waals surface area contributed by atoms with Crippen LogP contribution < -0.4 is 9.64 Å². The van der Waals surface area contributed by atoms with E-state index < -0.39 is 0 Å². The molecule has 1 amide bonds. The van der Waals surface area contributed by atoms with Gasteiger partial charge in [-0.15, -0.1) is 11.8 Å². The van der Waals surface area contributed by atoms with Crippen molar-refractivity contribution in [2.75, 3.05) is 24.8 Å². The van der Waals surface area contributed by atoms with E-state index in [1.54, 1.807) is 30.8 Å². The molecule has 0 N–H and O–H groups in total. The van der Waals surface area contributed by atoms with Crippen LogP contribution in [-0.2, 0) is 11.2 Å². The van der Waals surface area contributed by atoms with Gasteiger partial charge in [-0.3, -0.25) is 4.79 Å². The Morgan fingerprint density at radius 3 is 2.07 bits per heavy atom. The van der Waals surface area contributed by atoms with Gasteiger partial charge in [0.1, 0.15) is 5.75 Å². The van der Waals surface area contributed by atoms with Gasteiger partial charge in [-0.2, -0.15) is 0 Å². The van der Waals surface area contributed by atoms with Crippen molar-refractivity contribution in [1.29, 1.82) is 0 Å². The third-order valence-electron chi connectivity index (χ3n) is 7.13. The summed E-state index contributed by atoms with van der Waals surface area (Å²) in [5.41, 5.74) is 7.41. The Hall–Kier alpha value is -2.43. The number of nitrogens with zero attached hydrogens (tertiary/aromatic N) is 1. The lowest BCUT2D eigenvalue weighted by molar-refractivity contribution is -0.117. The van der Waals surface area contributed by atoms with Gasteiger partial charge in [-0.25, -0.2) is 0 Å². The molecule has 0 bridgehead atoms. The summed E-state index contributed by atoms with van der Waals surface area (Å²) in [6.07, 6.45) is 8.47. The number of benzene rings is 2. The fraction of sp³-hybridized carbons (Fsp3) is 0.486. The van der Waals surface area contributed by atoms with Gasteiger partial charge >= 0.3 is 0 Å². The molecule has 0 saturated heterocycles. The summed E-state index contributed by atoms with van der Waals surface area (Å²) in [4.78, 5) is 15.5. The molecule has 3 rings (SSSR count). The highest BCUT2D eigenvalue weighted by molar-refractivity contribution is 8.03. The molecule has 0 radical (unpaired) electrons. The first-order chi connectivity index (χ1) is 19.8. The summed E-state index contributed by atoms with van der Waals surface area (Å²) in [7, 11) is 3.44. The highest BCUT2D eigenvalue weighted by atomic mass is 35.5. The molecular formula is C37H56ClNO2S. The van der Waals surface area contributed by atoms with Crippen LogP contribution in [0, 0.1) is 26.7 Å². The Labute approximate surface area is 267 Å². The van der Waals surface area contributed by atoms with Crippen molar-refractivity contribution < 1.29 is 9.53 Å². The van der Waals surface area contributed by atoms with Gasteiger partial charge in [0.15, 0.2) is 0 Å². The second kappa shape index (κ2) is 21.3. The number of likely N-dealkylation sites (N-methyl/N-ethyl adjacent to an activating group) is 1. The van der Waals surface area contributed by atoms with Gasteiger partial charge in [0.05, 0.1) is 13.5 Å². The second-order valence-corrected chi connectivity index (χ2v) is 12.6. The molecule has 234 valence electrons. The van der Waals surface area contributed by atoms with E-state index in [-0.39, 0.29) is 5.91 Å². The molecule has 0 heterocycles. The fourth-order valence-electron chi connectivity index (χ4n) is 4.29. The SMILES string of the molecule is C=C(C)SC/C=C(\C)C(=C)C.CC.CC1CCCC1.COc1cc(N(C)C(=O)Cc2ccc(Cl)cc2C)c(C)cc1C. The molecule has 0 atom stereocenters. The topological polar surface area (TPSA) is 29.5 Å². The summed E-state index contributed by atoms with van der Waals surface area (Å²) in [6.45, 7) is 26.1. The minimum absolute atomic E-state index is 0.0319. The van der Waals surface area contributed by atoms with Crippen molar-refractivity contribution in [3.8, 4) is 5.75 Å². The number of amides is 1. The largest absolute Gasteiger partial charge is 0.496 e. The van der Waals surface area contributed by atoms with Crippen LogP contribution in [-0.4, -0.2) is 25.8 Å². The van der Waals surface area contributed by atoms with Gasteiger partial charge in [-0.05, 0) is 86.8 Å². The van der Waals surface area contributed by atoms with Crippen LogP contribution in [0.5, 0.6) is 5.75 Å². The average Bonchev–Trinajstić information content (AvgIpc) is 3.42. The van der Waals surface area contributed by atoms with Crippen LogP contribution in [0.4, 0.5) is 5.69 Å². The van der Waals surface area contributed by atoms with Crippen molar-refractivity contribution in [3.05, 3.63) is 92.9 Å². The van der Waals surface area contributed by atoms with Crippen molar-refractivity contribution in [2.24, 2.45) is 5.92 Å². The van der Waals surface area contributed by atoms with Crippen LogP contribution in [0.15, 0.2) is 65.6 Å². The first-order valence-electron chi connectivity index (χ1n) is 15.0. The zero-order valence-electron chi connectivity index (χ0n) is 28.2. The van der Waals surface area contributed by atoms with E-state index >= 15 is 0 Å². The molecule has 42 heavy (non-hydrogen) atoms. The van der Waals surface area contributed by atoms with Crippen LogP contribution in [0.25, 0.3) is 0 Å². The van der Waals surface area contributed by atoms with Crippen molar-refractivity contribution in [1.82, 2.24) is 0 Å². The highest BCUT2D eigenvalue weighted by Crippen LogP contribution is 2.29. The number of hydrogen-bond acceptors (Lipinski definition) is 3. The summed E-state index contributed by atoms with van der Waals surface area (Å²) >= 11 is 7.74. The van der Waals surface area contributed by atoms with Crippen molar-refractivity contribution in [3.63, 3.8) is 0 Å².